The van der Waals surface area contributed by atoms with E-state index in [0.29, 0.717) is 0 Å². The summed E-state index contributed by atoms with van der Waals surface area (Å²) in [5.74, 6) is 0. The Morgan fingerprint density at radius 2 is 0.615 bits per heavy atom. The third-order valence-corrected chi connectivity index (χ3v) is 0.167. The molecule has 0 bridgehead atoms. The van der Waals surface area contributed by atoms with Crippen LogP contribution < -0.4 is 0 Å². The number of rotatable bonds is 1. The zero-order valence-electron chi connectivity index (χ0n) is 7.53. The van der Waals surface area contributed by atoms with Gasteiger partial charge in [0.15, 0.2) is 0 Å². The van der Waals surface area contributed by atoms with Gasteiger partial charge < -0.3 is 19.2 Å². The fourth-order valence-electron chi connectivity index (χ4n) is 0. The molecule has 0 amide bonds. The van der Waals surface area contributed by atoms with E-state index in [1.165, 1.54) is 0 Å². The number of hydrogen-bond acceptors (Lipinski definition) is 4. The van der Waals surface area contributed by atoms with E-state index in [1.54, 1.807) is 12.2 Å². The van der Waals surface area contributed by atoms with Crippen molar-refractivity contribution in [2.45, 2.75) is 0 Å². The second kappa shape index (κ2) is 1390. The summed E-state index contributed by atoms with van der Waals surface area (Å²) in [7, 11) is 0. The van der Waals surface area contributed by atoms with Crippen molar-refractivity contribution < 1.29 is 40.9 Å². The van der Waals surface area contributed by atoms with Gasteiger partial charge in [0.1, 0.15) is 27.2 Å². The first-order chi connectivity index (χ1) is 5.91. The number of hydrogen-bond donors (Lipinski definition) is 0. The largest absolute Gasteiger partial charge is 0.307 e. The van der Waals surface area contributed by atoms with Gasteiger partial charge in [-0.3, -0.25) is 0 Å². The Kier molecular flexibility index (Phi) is 4340. The summed E-state index contributed by atoms with van der Waals surface area (Å²) in [4.78, 5) is 32.0. The molecule has 0 heterocycles. The van der Waals surface area contributed by atoms with Gasteiger partial charge in [0.25, 0.3) is 0 Å². The van der Waals surface area contributed by atoms with E-state index < -0.39 is 0 Å². The Labute approximate surface area is 93.6 Å². The van der Waals surface area contributed by atoms with Gasteiger partial charge in [0, 0.05) is 21.7 Å². The predicted octanol–water partition coefficient (Wildman–Crippen LogP) is 0.616. The molecule has 0 radical (unpaired) electrons. The van der Waals surface area contributed by atoms with E-state index in [0.717, 1.165) is 0 Å². The topological polar surface area (TPSA) is 68.3 Å². The zero-order chi connectivity index (χ0) is 11.4. The number of allylic oxidation sites excluding steroid dienone is 2. The minimum Gasteiger partial charge on any atom is -0.307 e. The third-order valence-electron chi connectivity index (χ3n) is 0.167. The number of carbonyl (C=O) groups excluding carboxylic acids is 4. The Balaban J connectivity index is -0.0000000122. The molecule has 0 fully saturated rings. The maximum Gasteiger partial charge on any atom is 0.106 e. The molecule has 0 aromatic heterocycles. The molecule has 0 spiro atoms. The van der Waals surface area contributed by atoms with Gasteiger partial charge in [-0.15, -0.1) is 0 Å². The van der Waals surface area contributed by atoms with Crippen LogP contribution in [0.2, 0.25) is 0 Å². The van der Waals surface area contributed by atoms with Gasteiger partial charge in [0.2, 0.25) is 0 Å². The molecular formula is C8H14O4Ti. The molecule has 74 valence electrons. The van der Waals surface area contributed by atoms with Gasteiger partial charge in [-0.05, 0) is 0 Å². The third kappa shape index (κ3) is 54200. The molecule has 0 aliphatic heterocycles. The van der Waals surface area contributed by atoms with Crippen LogP contribution in [0.4, 0.5) is 0 Å². The van der Waals surface area contributed by atoms with Crippen molar-refractivity contribution in [3.63, 3.8) is 0 Å². The van der Waals surface area contributed by atoms with E-state index in [1.807, 2.05) is 27.2 Å². The standard InChI is InChI=1S/C4H6.4CH2O.Ti/c1-3-4-2;4*1-2;/h3-4H,1-2H2;4*1H2;. The normalized spacial score (nSPS) is 2.77. The summed E-state index contributed by atoms with van der Waals surface area (Å²) >= 11 is 0. The smallest absolute Gasteiger partial charge is 0.106 e. The Morgan fingerprint density at radius 1 is 0.538 bits per heavy atom. The summed E-state index contributed by atoms with van der Waals surface area (Å²) in [5, 5.41) is 0. The minimum atomic E-state index is 0. The fraction of sp³-hybridized carbons (Fsp3) is 0. The fourth-order valence-corrected chi connectivity index (χ4v) is 0. The Hall–Kier alpha value is -1.13. The summed E-state index contributed by atoms with van der Waals surface area (Å²) in [5.41, 5.74) is 0. The van der Waals surface area contributed by atoms with Crippen molar-refractivity contribution in [2.75, 3.05) is 0 Å². The van der Waals surface area contributed by atoms with Crippen LogP contribution in [0.3, 0.4) is 0 Å². The summed E-state index contributed by atoms with van der Waals surface area (Å²) in [6.07, 6.45) is 3.28. The Morgan fingerprint density at radius 3 is 0.615 bits per heavy atom. The predicted molar refractivity (Wildman–Crippen MR) is 48.9 cm³/mol. The van der Waals surface area contributed by atoms with Gasteiger partial charge >= 0.3 is 0 Å². The van der Waals surface area contributed by atoms with Crippen LogP contribution in [0, 0.1) is 0 Å². The molecule has 0 aromatic carbocycles. The number of carbonyl (C=O) groups is 4. The molecule has 0 aromatic rings. The van der Waals surface area contributed by atoms with E-state index >= 15 is 0 Å². The first-order valence-corrected chi connectivity index (χ1v) is 2.30. The van der Waals surface area contributed by atoms with E-state index in [4.69, 9.17) is 19.2 Å². The molecule has 5 heteroatoms. The zero-order valence-corrected chi connectivity index (χ0v) is 9.09. The molecular weight excluding hydrogens is 208 g/mol. The first-order valence-electron chi connectivity index (χ1n) is 2.30. The summed E-state index contributed by atoms with van der Waals surface area (Å²) < 4.78 is 0. The molecule has 0 unspecified atom stereocenters. The monoisotopic (exact) mass is 222 g/mol. The van der Waals surface area contributed by atoms with Gasteiger partial charge in [-0.25, -0.2) is 0 Å². The van der Waals surface area contributed by atoms with Gasteiger partial charge in [-0.1, -0.05) is 25.3 Å². The SMILES string of the molecule is C=CC=C.C=O.C=O.C=O.C=O.[Ti]. The first kappa shape index (κ1) is 40.7. The van der Waals surface area contributed by atoms with Crippen molar-refractivity contribution >= 4 is 27.2 Å². The summed E-state index contributed by atoms with van der Waals surface area (Å²) in [6.45, 7) is 14.7. The van der Waals surface area contributed by atoms with E-state index in [-0.39, 0.29) is 21.7 Å². The van der Waals surface area contributed by atoms with Crippen LogP contribution in [0.5, 0.6) is 0 Å². The second-order valence-electron chi connectivity index (χ2n) is 0.471. The van der Waals surface area contributed by atoms with E-state index in [2.05, 4.69) is 13.2 Å². The van der Waals surface area contributed by atoms with Crippen molar-refractivity contribution in [3.8, 4) is 0 Å². The Bertz CT molecular complexity index is 64.5. The molecule has 4 nitrogen and oxygen atoms in total. The average molecular weight is 222 g/mol. The second-order valence-corrected chi connectivity index (χ2v) is 0.471. The van der Waals surface area contributed by atoms with Crippen LogP contribution in [0.25, 0.3) is 0 Å². The molecule has 0 aliphatic carbocycles. The minimum absolute atomic E-state index is 0. The van der Waals surface area contributed by atoms with Crippen LogP contribution in [0.1, 0.15) is 0 Å². The maximum atomic E-state index is 8.00. The molecule has 13 heavy (non-hydrogen) atoms. The van der Waals surface area contributed by atoms with Crippen LogP contribution in [0.15, 0.2) is 25.3 Å². The molecule has 0 aliphatic rings. The molecule has 0 N–H and O–H groups in total. The van der Waals surface area contributed by atoms with Crippen molar-refractivity contribution in [1.29, 1.82) is 0 Å². The molecule has 0 rings (SSSR count). The van der Waals surface area contributed by atoms with Crippen LogP contribution >= 0.6 is 0 Å². The van der Waals surface area contributed by atoms with Crippen molar-refractivity contribution in [3.05, 3.63) is 25.3 Å². The van der Waals surface area contributed by atoms with Crippen LogP contribution in [-0.4, -0.2) is 27.2 Å². The van der Waals surface area contributed by atoms with Gasteiger partial charge in [0.05, 0.1) is 0 Å². The molecule has 0 saturated carbocycles. The maximum absolute atomic E-state index is 8.00. The quantitative estimate of drug-likeness (QED) is 0.481. The summed E-state index contributed by atoms with van der Waals surface area (Å²) in [6, 6.07) is 0. The average Bonchev–Trinajstić information content (AvgIpc) is 2.29. The van der Waals surface area contributed by atoms with Gasteiger partial charge in [-0.2, -0.15) is 0 Å². The van der Waals surface area contributed by atoms with E-state index in [9.17, 15) is 0 Å². The molecule has 0 atom stereocenters. The molecule has 0 saturated heterocycles. The van der Waals surface area contributed by atoms with Crippen LogP contribution in [-0.2, 0) is 40.9 Å². The van der Waals surface area contributed by atoms with Crippen molar-refractivity contribution in [2.24, 2.45) is 0 Å². The van der Waals surface area contributed by atoms with Crippen molar-refractivity contribution in [1.82, 2.24) is 0 Å².